The van der Waals surface area contributed by atoms with Gasteiger partial charge in [-0.25, -0.2) is 0 Å². The molecule has 3 aromatic rings. The lowest BCUT2D eigenvalue weighted by molar-refractivity contribution is 0.0951. The first-order valence-corrected chi connectivity index (χ1v) is 9.77. The average molecular weight is 385 g/mol. The lowest BCUT2D eigenvalue weighted by Gasteiger charge is -2.09. The number of aryl methyl sites for hydroxylation is 1. The molecule has 0 fully saturated rings. The highest BCUT2D eigenvalue weighted by Gasteiger charge is 2.27. The van der Waals surface area contributed by atoms with Gasteiger partial charge in [0.05, 0.1) is 5.56 Å². The van der Waals surface area contributed by atoms with Gasteiger partial charge in [-0.1, -0.05) is 10.6 Å². The summed E-state index contributed by atoms with van der Waals surface area (Å²) in [5.41, 5.74) is 2.80. The maximum Gasteiger partial charge on any atom is 0.277 e. The van der Waals surface area contributed by atoms with E-state index in [1.165, 1.54) is 16.2 Å². The Hall–Kier alpha value is -2.65. The molecule has 0 saturated heterocycles. The van der Waals surface area contributed by atoms with E-state index in [4.69, 9.17) is 0 Å². The molecule has 2 N–H and O–H groups in total. The number of pyridine rings is 1. The molecule has 2 amide bonds. The molecule has 0 aliphatic heterocycles. The Morgan fingerprint density at radius 1 is 1.23 bits per heavy atom. The minimum atomic E-state index is -0.347. The molecule has 3 heterocycles. The van der Waals surface area contributed by atoms with Crippen molar-refractivity contribution in [2.24, 2.45) is 0 Å². The molecular weight excluding hydrogens is 370 g/mol. The molecule has 0 spiro atoms. The number of anilines is 1. The van der Waals surface area contributed by atoms with Crippen molar-refractivity contribution in [2.75, 3.05) is 5.32 Å². The van der Waals surface area contributed by atoms with Gasteiger partial charge < -0.3 is 10.6 Å². The van der Waals surface area contributed by atoms with Gasteiger partial charge in [-0.3, -0.25) is 14.6 Å². The van der Waals surface area contributed by atoms with Gasteiger partial charge in [-0.2, -0.15) is 0 Å². The number of carbonyl (C=O) groups excluding carboxylic acids is 2. The Bertz CT molecular complexity index is 938. The number of rotatable bonds is 5. The van der Waals surface area contributed by atoms with Crippen LogP contribution in [0.15, 0.2) is 29.9 Å². The standard InChI is InChI=1S/C17H15N5O2S2/c23-15(12-9-25-22-21-12)20-17-14(11-4-1-5-13(11)26-17)16(24)19-8-10-3-2-6-18-7-10/h2-3,6-7,9H,1,4-5,8H2,(H,19,24)(H,20,23). The van der Waals surface area contributed by atoms with Crippen molar-refractivity contribution in [1.82, 2.24) is 19.9 Å². The summed E-state index contributed by atoms with van der Waals surface area (Å²) < 4.78 is 3.70. The van der Waals surface area contributed by atoms with Crippen LogP contribution in [0.25, 0.3) is 0 Å². The van der Waals surface area contributed by atoms with E-state index in [0.717, 1.165) is 41.9 Å². The zero-order valence-corrected chi connectivity index (χ0v) is 15.3. The Balaban J connectivity index is 1.56. The molecule has 0 bridgehead atoms. The van der Waals surface area contributed by atoms with E-state index in [-0.39, 0.29) is 17.5 Å². The van der Waals surface area contributed by atoms with Crippen LogP contribution in [0.3, 0.4) is 0 Å². The number of nitrogens with one attached hydrogen (secondary N) is 2. The molecule has 0 saturated carbocycles. The van der Waals surface area contributed by atoms with E-state index >= 15 is 0 Å². The number of thiophene rings is 1. The Labute approximate surface area is 157 Å². The summed E-state index contributed by atoms with van der Waals surface area (Å²) in [6.45, 7) is 0.390. The van der Waals surface area contributed by atoms with E-state index in [1.54, 1.807) is 17.8 Å². The molecule has 1 aliphatic rings. The SMILES string of the molecule is O=C(Nc1sc2c(c1C(=O)NCc1cccnc1)CCC2)c1csnn1. The van der Waals surface area contributed by atoms with Crippen LogP contribution in [0.5, 0.6) is 0 Å². The number of hydrogen-bond acceptors (Lipinski definition) is 7. The molecule has 26 heavy (non-hydrogen) atoms. The number of amides is 2. The highest BCUT2D eigenvalue weighted by molar-refractivity contribution is 7.17. The molecule has 0 atom stereocenters. The van der Waals surface area contributed by atoms with Crippen molar-refractivity contribution in [3.8, 4) is 0 Å². The third-order valence-corrected chi connectivity index (χ3v) is 5.86. The summed E-state index contributed by atoms with van der Waals surface area (Å²) in [6, 6.07) is 3.74. The molecular formula is C17H15N5O2S2. The highest BCUT2D eigenvalue weighted by atomic mass is 32.1. The Kier molecular flexibility index (Phi) is 4.72. The third-order valence-electron chi connectivity index (χ3n) is 4.14. The van der Waals surface area contributed by atoms with Crippen LogP contribution in [0.4, 0.5) is 5.00 Å². The number of nitrogens with zero attached hydrogens (tertiary/aromatic N) is 3. The smallest absolute Gasteiger partial charge is 0.277 e. The fourth-order valence-corrected chi connectivity index (χ4v) is 4.65. The van der Waals surface area contributed by atoms with Gasteiger partial charge >= 0.3 is 0 Å². The predicted molar refractivity (Wildman–Crippen MR) is 99.6 cm³/mol. The molecule has 7 nitrogen and oxygen atoms in total. The third kappa shape index (κ3) is 3.35. The largest absolute Gasteiger partial charge is 0.348 e. The van der Waals surface area contributed by atoms with Gasteiger partial charge in [0.15, 0.2) is 5.69 Å². The van der Waals surface area contributed by atoms with Crippen molar-refractivity contribution in [3.63, 3.8) is 0 Å². The second kappa shape index (κ2) is 7.30. The molecule has 1 aliphatic carbocycles. The normalized spacial score (nSPS) is 12.6. The lowest BCUT2D eigenvalue weighted by Crippen LogP contribution is -2.25. The zero-order valence-electron chi connectivity index (χ0n) is 13.7. The first kappa shape index (κ1) is 16.8. The quantitative estimate of drug-likeness (QED) is 0.704. The minimum Gasteiger partial charge on any atom is -0.348 e. The van der Waals surface area contributed by atoms with Crippen molar-refractivity contribution in [2.45, 2.75) is 25.8 Å². The molecule has 4 rings (SSSR count). The maximum atomic E-state index is 12.8. The van der Waals surface area contributed by atoms with Gasteiger partial charge in [-0.15, -0.1) is 16.4 Å². The average Bonchev–Trinajstić information content (AvgIpc) is 3.37. The van der Waals surface area contributed by atoms with Gasteiger partial charge in [0.1, 0.15) is 5.00 Å². The predicted octanol–water partition coefficient (Wildman–Crippen LogP) is 2.67. The summed E-state index contributed by atoms with van der Waals surface area (Å²) in [4.78, 5) is 30.4. The summed E-state index contributed by atoms with van der Waals surface area (Å²) in [5, 5.41) is 11.7. The number of fused-ring (bicyclic) bond motifs is 1. The van der Waals surface area contributed by atoms with Crippen LogP contribution in [-0.2, 0) is 19.4 Å². The lowest BCUT2D eigenvalue weighted by atomic mass is 10.1. The van der Waals surface area contributed by atoms with E-state index < -0.39 is 0 Å². The second-order valence-electron chi connectivity index (χ2n) is 5.85. The Morgan fingerprint density at radius 3 is 2.92 bits per heavy atom. The highest BCUT2D eigenvalue weighted by Crippen LogP contribution is 2.39. The van der Waals surface area contributed by atoms with Crippen LogP contribution >= 0.6 is 22.9 Å². The zero-order chi connectivity index (χ0) is 17.9. The first-order chi connectivity index (χ1) is 12.7. The van der Waals surface area contributed by atoms with Crippen molar-refractivity contribution >= 4 is 39.7 Å². The van der Waals surface area contributed by atoms with E-state index in [0.29, 0.717) is 17.1 Å². The fraction of sp³-hybridized carbons (Fsp3) is 0.235. The minimum absolute atomic E-state index is 0.181. The van der Waals surface area contributed by atoms with Crippen LogP contribution in [0.1, 0.15) is 43.3 Å². The first-order valence-electron chi connectivity index (χ1n) is 8.12. The molecule has 0 radical (unpaired) electrons. The summed E-state index contributed by atoms with van der Waals surface area (Å²) in [7, 11) is 0. The molecule has 0 unspecified atom stereocenters. The van der Waals surface area contributed by atoms with Crippen molar-refractivity contribution in [1.29, 1.82) is 0 Å². The monoisotopic (exact) mass is 385 g/mol. The molecule has 9 heteroatoms. The molecule has 3 aromatic heterocycles. The number of carbonyl (C=O) groups is 2. The van der Waals surface area contributed by atoms with Crippen LogP contribution in [-0.4, -0.2) is 26.4 Å². The van der Waals surface area contributed by atoms with Crippen LogP contribution < -0.4 is 10.6 Å². The molecule has 132 valence electrons. The summed E-state index contributed by atoms with van der Waals surface area (Å²) in [5.74, 6) is -0.528. The van der Waals surface area contributed by atoms with Crippen molar-refractivity contribution < 1.29 is 9.59 Å². The summed E-state index contributed by atoms with van der Waals surface area (Å²) in [6.07, 6.45) is 6.25. The van der Waals surface area contributed by atoms with Crippen LogP contribution in [0.2, 0.25) is 0 Å². The summed E-state index contributed by atoms with van der Waals surface area (Å²) >= 11 is 2.59. The van der Waals surface area contributed by atoms with Crippen LogP contribution in [0, 0.1) is 0 Å². The number of aromatic nitrogens is 3. The fourth-order valence-electron chi connectivity index (χ4n) is 2.94. The van der Waals surface area contributed by atoms with Gasteiger partial charge in [0.25, 0.3) is 11.8 Å². The van der Waals surface area contributed by atoms with Crippen molar-refractivity contribution in [3.05, 3.63) is 57.2 Å². The number of hydrogen-bond donors (Lipinski definition) is 2. The topological polar surface area (TPSA) is 96.9 Å². The van der Waals surface area contributed by atoms with Gasteiger partial charge in [-0.05, 0) is 48.0 Å². The second-order valence-corrected chi connectivity index (χ2v) is 7.56. The maximum absolute atomic E-state index is 12.8. The van der Waals surface area contributed by atoms with E-state index in [1.807, 2.05) is 12.1 Å². The van der Waals surface area contributed by atoms with Gasteiger partial charge in [0.2, 0.25) is 0 Å². The Morgan fingerprint density at radius 2 is 2.15 bits per heavy atom. The molecule has 0 aromatic carbocycles. The van der Waals surface area contributed by atoms with Gasteiger partial charge in [0, 0.05) is 29.2 Å². The van der Waals surface area contributed by atoms with E-state index in [2.05, 4.69) is 25.2 Å². The van der Waals surface area contributed by atoms with E-state index in [9.17, 15) is 9.59 Å².